The largest absolute Gasteiger partial charge is 0.394 e. The van der Waals surface area contributed by atoms with E-state index in [2.05, 4.69) is 25.8 Å². The molecule has 1 aromatic heterocycles. The molecule has 0 fully saturated rings. The van der Waals surface area contributed by atoms with Crippen LogP contribution in [0.25, 0.3) is 11.4 Å². The maximum atomic E-state index is 12.4. The molecule has 27 heavy (non-hydrogen) atoms. The third kappa shape index (κ3) is 4.92. The van der Waals surface area contributed by atoms with Gasteiger partial charge in [0.15, 0.2) is 5.82 Å². The first-order chi connectivity index (χ1) is 13.0. The number of carbonyl (C=O) groups is 1. The molecule has 3 rings (SSSR count). The van der Waals surface area contributed by atoms with Crippen molar-refractivity contribution in [1.82, 2.24) is 20.5 Å². The number of nitrogens with zero attached hydrogens (tertiary/aromatic N) is 2. The average Bonchev–Trinajstić information content (AvgIpc) is 3.10. The Morgan fingerprint density at radius 3 is 2.63 bits per heavy atom. The van der Waals surface area contributed by atoms with Gasteiger partial charge in [0, 0.05) is 11.3 Å². The van der Waals surface area contributed by atoms with Crippen LogP contribution in [0.4, 0.5) is 10.5 Å². The second kappa shape index (κ2) is 8.46. The molecule has 1 atom stereocenters. The first kappa shape index (κ1) is 18.6. The van der Waals surface area contributed by atoms with Crippen molar-refractivity contribution >= 4 is 11.7 Å². The summed E-state index contributed by atoms with van der Waals surface area (Å²) in [5, 5.41) is 22.2. The Labute approximate surface area is 157 Å². The van der Waals surface area contributed by atoms with E-state index in [0.717, 1.165) is 22.5 Å². The van der Waals surface area contributed by atoms with E-state index in [0.29, 0.717) is 17.9 Å². The van der Waals surface area contributed by atoms with Gasteiger partial charge >= 0.3 is 6.03 Å². The Hall–Kier alpha value is -3.19. The normalized spacial score (nSPS) is 11.8. The maximum Gasteiger partial charge on any atom is 0.319 e. The summed E-state index contributed by atoms with van der Waals surface area (Å²) < 4.78 is 0. The van der Waals surface area contributed by atoms with Crippen LogP contribution in [-0.4, -0.2) is 39.0 Å². The number of urea groups is 1. The summed E-state index contributed by atoms with van der Waals surface area (Å²) in [6.07, 6.45) is 0.556. The first-order valence-electron chi connectivity index (χ1n) is 8.77. The molecule has 0 radical (unpaired) electrons. The number of anilines is 1. The van der Waals surface area contributed by atoms with Crippen LogP contribution in [0.3, 0.4) is 0 Å². The molecule has 2 amide bonds. The smallest absolute Gasteiger partial charge is 0.319 e. The Morgan fingerprint density at radius 2 is 1.96 bits per heavy atom. The van der Waals surface area contributed by atoms with Gasteiger partial charge < -0.3 is 15.7 Å². The van der Waals surface area contributed by atoms with Gasteiger partial charge in [-0.3, -0.25) is 5.10 Å². The quantitative estimate of drug-likeness (QED) is 0.539. The molecule has 4 N–H and O–H groups in total. The van der Waals surface area contributed by atoms with Crippen molar-refractivity contribution in [2.75, 3.05) is 11.9 Å². The summed E-state index contributed by atoms with van der Waals surface area (Å²) in [5.41, 5.74) is 3.45. The number of hydrogen-bond donors (Lipinski definition) is 4. The highest BCUT2D eigenvalue weighted by Crippen LogP contribution is 2.23. The molecule has 0 aliphatic carbocycles. The van der Waals surface area contributed by atoms with Crippen molar-refractivity contribution in [2.24, 2.45) is 0 Å². The SMILES string of the molecule is Cc1nc(-c2ccc(C)c(NC(=O)N[C@@H](CO)Cc3ccccc3)c2)n[nH]1. The lowest BCUT2D eigenvalue weighted by Gasteiger charge is -2.18. The van der Waals surface area contributed by atoms with E-state index < -0.39 is 0 Å². The molecule has 0 aliphatic heterocycles. The number of aryl methyl sites for hydroxylation is 2. The fourth-order valence-corrected chi connectivity index (χ4v) is 2.77. The van der Waals surface area contributed by atoms with Crippen LogP contribution in [0.2, 0.25) is 0 Å². The average molecular weight is 365 g/mol. The number of rotatable bonds is 6. The minimum absolute atomic E-state index is 0.141. The molecule has 3 aromatic rings. The number of carbonyl (C=O) groups excluding carboxylic acids is 1. The maximum absolute atomic E-state index is 12.4. The van der Waals surface area contributed by atoms with Crippen molar-refractivity contribution in [3.8, 4) is 11.4 Å². The van der Waals surface area contributed by atoms with Crippen LogP contribution in [-0.2, 0) is 6.42 Å². The molecule has 140 valence electrons. The summed E-state index contributed by atoms with van der Waals surface area (Å²) in [6.45, 7) is 3.60. The molecule has 0 aliphatic rings. The number of H-pyrrole nitrogens is 1. The zero-order valence-electron chi connectivity index (χ0n) is 15.4. The molecule has 0 unspecified atom stereocenters. The molecule has 0 bridgehead atoms. The van der Waals surface area contributed by atoms with Gasteiger partial charge in [-0.25, -0.2) is 9.78 Å². The fraction of sp³-hybridized carbons (Fsp3) is 0.250. The van der Waals surface area contributed by atoms with Crippen LogP contribution >= 0.6 is 0 Å². The standard InChI is InChI=1S/C20H23N5O2/c1-13-8-9-16(19-21-14(2)24-25-19)11-18(13)23-20(27)22-17(12-26)10-15-6-4-3-5-7-15/h3-9,11,17,26H,10,12H2,1-2H3,(H,21,24,25)(H2,22,23,27)/t17-/m1/s1. The lowest BCUT2D eigenvalue weighted by atomic mass is 10.1. The van der Waals surface area contributed by atoms with Crippen LogP contribution in [0.1, 0.15) is 17.0 Å². The van der Waals surface area contributed by atoms with Gasteiger partial charge in [0.05, 0.1) is 12.6 Å². The molecule has 0 saturated heterocycles. The van der Waals surface area contributed by atoms with Gasteiger partial charge in [-0.1, -0.05) is 42.5 Å². The van der Waals surface area contributed by atoms with Crippen molar-refractivity contribution in [1.29, 1.82) is 0 Å². The Morgan fingerprint density at radius 1 is 1.19 bits per heavy atom. The topological polar surface area (TPSA) is 103 Å². The number of aliphatic hydroxyl groups excluding tert-OH is 1. The van der Waals surface area contributed by atoms with E-state index in [4.69, 9.17) is 0 Å². The minimum atomic E-state index is -0.369. The Balaban J connectivity index is 1.67. The van der Waals surface area contributed by atoms with E-state index in [1.165, 1.54) is 0 Å². The Kier molecular flexibility index (Phi) is 5.83. The Bertz CT molecular complexity index is 908. The first-order valence-corrected chi connectivity index (χ1v) is 8.77. The van der Waals surface area contributed by atoms with Crippen LogP contribution in [0.5, 0.6) is 0 Å². The summed E-state index contributed by atoms with van der Waals surface area (Å²) in [7, 11) is 0. The summed E-state index contributed by atoms with van der Waals surface area (Å²) >= 11 is 0. The van der Waals surface area contributed by atoms with Gasteiger partial charge in [0.1, 0.15) is 5.82 Å². The lowest BCUT2D eigenvalue weighted by Crippen LogP contribution is -2.41. The predicted molar refractivity (Wildman–Crippen MR) is 104 cm³/mol. The fourth-order valence-electron chi connectivity index (χ4n) is 2.77. The van der Waals surface area contributed by atoms with Gasteiger partial charge in [-0.05, 0) is 37.5 Å². The number of aromatic nitrogens is 3. The minimum Gasteiger partial charge on any atom is -0.394 e. The van der Waals surface area contributed by atoms with Crippen LogP contribution < -0.4 is 10.6 Å². The molecule has 7 heteroatoms. The molecule has 7 nitrogen and oxygen atoms in total. The van der Waals surface area contributed by atoms with Crippen molar-refractivity contribution in [2.45, 2.75) is 26.3 Å². The molecule has 1 heterocycles. The summed E-state index contributed by atoms with van der Waals surface area (Å²) in [4.78, 5) is 16.7. The highest BCUT2D eigenvalue weighted by molar-refractivity contribution is 5.91. The predicted octanol–water partition coefficient (Wildman–Crippen LogP) is 2.81. The highest BCUT2D eigenvalue weighted by Gasteiger charge is 2.14. The molecule has 0 saturated carbocycles. The van der Waals surface area contributed by atoms with E-state index in [1.54, 1.807) is 0 Å². The zero-order valence-corrected chi connectivity index (χ0v) is 15.4. The number of nitrogens with one attached hydrogen (secondary N) is 3. The summed E-state index contributed by atoms with van der Waals surface area (Å²) in [6, 6.07) is 14.7. The van der Waals surface area contributed by atoms with E-state index in [-0.39, 0.29) is 18.7 Å². The second-order valence-electron chi connectivity index (χ2n) is 6.44. The molecular weight excluding hydrogens is 342 g/mol. The highest BCUT2D eigenvalue weighted by atomic mass is 16.3. The van der Waals surface area contributed by atoms with Crippen LogP contribution in [0.15, 0.2) is 48.5 Å². The number of amides is 2. The van der Waals surface area contributed by atoms with Crippen molar-refractivity contribution < 1.29 is 9.90 Å². The molecule has 0 spiro atoms. The lowest BCUT2D eigenvalue weighted by molar-refractivity contribution is 0.224. The van der Waals surface area contributed by atoms with Crippen molar-refractivity contribution in [3.05, 3.63) is 65.5 Å². The van der Waals surface area contributed by atoms with Gasteiger partial charge in [0.25, 0.3) is 0 Å². The second-order valence-corrected chi connectivity index (χ2v) is 6.44. The van der Waals surface area contributed by atoms with Crippen molar-refractivity contribution in [3.63, 3.8) is 0 Å². The summed E-state index contributed by atoms with van der Waals surface area (Å²) in [5.74, 6) is 1.30. The number of aliphatic hydroxyl groups is 1. The van der Waals surface area contributed by atoms with Gasteiger partial charge in [-0.2, -0.15) is 5.10 Å². The van der Waals surface area contributed by atoms with E-state index in [1.807, 2.05) is 62.4 Å². The number of aromatic amines is 1. The molecular formula is C20H23N5O2. The zero-order chi connectivity index (χ0) is 19.2. The third-order valence-corrected chi connectivity index (χ3v) is 4.22. The molecule has 2 aromatic carbocycles. The van der Waals surface area contributed by atoms with E-state index in [9.17, 15) is 9.90 Å². The number of benzene rings is 2. The van der Waals surface area contributed by atoms with E-state index >= 15 is 0 Å². The van der Waals surface area contributed by atoms with Gasteiger partial charge in [0.2, 0.25) is 0 Å². The van der Waals surface area contributed by atoms with Crippen LogP contribution in [0, 0.1) is 13.8 Å². The number of hydrogen-bond acceptors (Lipinski definition) is 4. The van der Waals surface area contributed by atoms with Gasteiger partial charge in [-0.15, -0.1) is 0 Å². The monoisotopic (exact) mass is 365 g/mol. The third-order valence-electron chi connectivity index (χ3n) is 4.22.